The SMILES string of the molecule is CCOCCCNC(=O)c1cc(C)n(-c2ccc(F)cc2)c1C. The number of aryl methyl sites for hydroxylation is 1. The highest BCUT2D eigenvalue weighted by Crippen LogP contribution is 2.21. The van der Waals surface area contributed by atoms with Crippen molar-refractivity contribution >= 4 is 5.91 Å². The van der Waals surface area contributed by atoms with Gasteiger partial charge in [-0.1, -0.05) is 0 Å². The van der Waals surface area contributed by atoms with Gasteiger partial charge in [0.1, 0.15) is 5.82 Å². The lowest BCUT2D eigenvalue weighted by atomic mass is 10.2. The number of benzene rings is 1. The fraction of sp³-hybridized carbons (Fsp3) is 0.389. The number of hydrogen-bond donors (Lipinski definition) is 1. The Bertz CT molecular complexity index is 662. The molecule has 0 bridgehead atoms. The Morgan fingerprint density at radius 3 is 2.61 bits per heavy atom. The van der Waals surface area contributed by atoms with E-state index in [9.17, 15) is 9.18 Å². The molecule has 4 nitrogen and oxygen atoms in total. The van der Waals surface area contributed by atoms with Crippen molar-refractivity contribution in [2.24, 2.45) is 0 Å². The maximum atomic E-state index is 13.1. The van der Waals surface area contributed by atoms with Gasteiger partial charge in [-0.15, -0.1) is 0 Å². The predicted octanol–water partition coefficient (Wildman–Crippen LogP) is 3.39. The van der Waals surface area contributed by atoms with Crippen molar-refractivity contribution in [1.82, 2.24) is 9.88 Å². The number of hydrogen-bond acceptors (Lipinski definition) is 2. The minimum absolute atomic E-state index is 0.0945. The smallest absolute Gasteiger partial charge is 0.253 e. The zero-order valence-corrected chi connectivity index (χ0v) is 13.9. The zero-order chi connectivity index (χ0) is 16.8. The predicted molar refractivity (Wildman–Crippen MR) is 88.6 cm³/mol. The number of ether oxygens (including phenoxy) is 1. The molecule has 124 valence electrons. The summed E-state index contributed by atoms with van der Waals surface area (Å²) in [6.07, 6.45) is 0.788. The third-order valence-electron chi connectivity index (χ3n) is 3.72. The number of halogens is 1. The molecule has 0 fully saturated rings. The van der Waals surface area contributed by atoms with Gasteiger partial charge in [0.2, 0.25) is 0 Å². The van der Waals surface area contributed by atoms with Crippen molar-refractivity contribution in [2.45, 2.75) is 27.2 Å². The van der Waals surface area contributed by atoms with Crippen molar-refractivity contribution in [2.75, 3.05) is 19.8 Å². The number of nitrogens with one attached hydrogen (secondary N) is 1. The molecule has 0 aliphatic heterocycles. The summed E-state index contributed by atoms with van der Waals surface area (Å²) < 4.78 is 20.3. The van der Waals surface area contributed by atoms with Crippen LogP contribution in [0.15, 0.2) is 30.3 Å². The van der Waals surface area contributed by atoms with Crippen molar-refractivity contribution in [3.05, 3.63) is 53.1 Å². The third-order valence-corrected chi connectivity index (χ3v) is 3.72. The molecule has 0 atom stereocenters. The van der Waals surface area contributed by atoms with E-state index >= 15 is 0 Å². The highest BCUT2D eigenvalue weighted by molar-refractivity contribution is 5.95. The second-order valence-electron chi connectivity index (χ2n) is 5.40. The van der Waals surface area contributed by atoms with Gasteiger partial charge in [-0.3, -0.25) is 4.79 Å². The summed E-state index contributed by atoms with van der Waals surface area (Å²) in [6.45, 7) is 7.69. The average Bonchev–Trinajstić information content (AvgIpc) is 2.83. The molecule has 1 aromatic heterocycles. The van der Waals surface area contributed by atoms with E-state index in [0.717, 1.165) is 23.5 Å². The van der Waals surface area contributed by atoms with E-state index in [1.807, 2.05) is 31.4 Å². The van der Waals surface area contributed by atoms with Gasteiger partial charge in [0, 0.05) is 36.8 Å². The monoisotopic (exact) mass is 318 g/mol. The van der Waals surface area contributed by atoms with Crippen LogP contribution in [0.3, 0.4) is 0 Å². The zero-order valence-electron chi connectivity index (χ0n) is 13.9. The Labute approximate surface area is 136 Å². The highest BCUT2D eigenvalue weighted by Gasteiger charge is 2.16. The van der Waals surface area contributed by atoms with E-state index in [0.29, 0.717) is 25.3 Å². The first-order valence-corrected chi connectivity index (χ1v) is 7.85. The third kappa shape index (κ3) is 4.20. The first kappa shape index (κ1) is 17.2. The quantitative estimate of drug-likeness (QED) is 0.795. The largest absolute Gasteiger partial charge is 0.382 e. The van der Waals surface area contributed by atoms with E-state index in [4.69, 9.17) is 4.74 Å². The van der Waals surface area contributed by atoms with E-state index in [1.165, 1.54) is 12.1 Å². The summed E-state index contributed by atoms with van der Waals surface area (Å²) in [5.74, 6) is -0.369. The van der Waals surface area contributed by atoms with Crippen molar-refractivity contribution in [3.63, 3.8) is 0 Å². The second kappa shape index (κ2) is 7.92. The van der Waals surface area contributed by atoms with Gasteiger partial charge in [0.25, 0.3) is 5.91 Å². The van der Waals surface area contributed by atoms with Crippen LogP contribution in [0.5, 0.6) is 0 Å². The lowest BCUT2D eigenvalue weighted by molar-refractivity contribution is 0.0943. The van der Waals surface area contributed by atoms with E-state index in [-0.39, 0.29) is 11.7 Å². The molecule has 2 aromatic rings. The molecule has 0 spiro atoms. The van der Waals surface area contributed by atoms with Crippen LogP contribution in [0.25, 0.3) is 5.69 Å². The molecular formula is C18H23FN2O2. The number of aromatic nitrogens is 1. The Balaban J connectivity index is 2.11. The minimum Gasteiger partial charge on any atom is -0.382 e. The molecule has 1 heterocycles. The first-order chi connectivity index (χ1) is 11.0. The summed E-state index contributed by atoms with van der Waals surface area (Å²) >= 11 is 0. The number of nitrogens with zero attached hydrogens (tertiary/aromatic N) is 1. The van der Waals surface area contributed by atoms with Crippen molar-refractivity contribution < 1.29 is 13.9 Å². The normalized spacial score (nSPS) is 10.8. The summed E-state index contributed by atoms with van der Waals surface area (Å²) in [4.78, 5) is 12.3. The van der Waals surface area contributed by atoms with Crippen LogP contribution in [0.1, 0.15) is 35.1 Å². The lowest BCUT2D eigenvalue weighted by Crippen LogP contribution is -2.25. The van der Waals surface area contributed by atoms with Gasteiger partial charge in [0.15, 0.2) is 0 Å². The Kier molecular flexibility index (Phi) is 5.93. The highest BCUT2D eigenvalue weighted by atomic mass is 19.1. The van der Waals surface area contributed by atoms with E-state index < -0.39 is 0 Å². The van der Waals surface area contributed by atoms with Crippen LogP contribution >= 0.6 is 0 Å². The van der Waals surface area contributed by atoms with E-state index in [1.54, 1.807) is 12.1 Å². The minimum atomic E-state index is -0.275. The number of rotatable bonds is 7. The van der Waals surface area contributed by atoms with E-state index in [2.05, 4.69) is 5.32 Å². The number of carbonyl (C=O) groups excluding carboxylic acids is 1. The van der Waals surface area contributed by atoms with Crippen molar-refractivity contribution in [3.8, 4) is 5.69 Å². The fourth-order valence-corrected chi connectivity index (χ4v) is 2.60. The summed E-state index contributed by atoms with van der Waals surface area (Å²) in [5, 5.41) is 2.91. The fourth-order valence-electron chi connectivity index (χ4n) is 2.60. The summed E-state index contributed by atoms with van der Waals surface area (Å²) in [7, 11) is 0. The number of carbonyl (C=O) groups is 1. The maximum absolute atomic E-state index is 13.1. The molecule has 0 aliphatic carbocycles. The molecule has 1 aromatic carbocycles. The average molecular weight is 318 g/mol. The Morgan fingerprint density at radius 1 is 1.26 bits per heavy atom. The van der Waals surface area contributed by atoms with Gasteiger partial charge in [0.05, 0.1) is 5.56 Å². The van der Waals surface area contributed by atoms with Crippen LogP contribution in [0, 0.1) is 19.7 Å². The molecule has 23 heavy (non-hydrogen) atoms. The van der Waals surface area contributed by atoms with Gasteiger partial charge in [-0.2, -0.15) is 0 Å². The molecule has 0 saturated heterocycles. The summed E-state index contributed by atoms with van der Waals surface area (Å²) in [5.41, 5.74) is 3.27. The molecule has 0 aliphatic rings. The second-order valence-corrected chi connectivity index (χ2v) is 5.40. The Hall–Kier alpha value is -2.14. The Morgan fingerprint density at radius 2 is 1.96 bits per heavy atom. The van der Waals surface area contributed by atoms with Gasteiger partial charge in [-0.25, -0.2) is 4.39 Å². The maximum Gasteiger partial charge on any atom is 0.253 e. The first-order valence-electron chi connectivity index (χ1n) is 7.85. The molecule has 1 amide bonds. The van der Waals surface area contributed by atoms with Crippen LogP contribution in [-0.4, -0.2) is 30.2 Å². The van der Waals surface area contributed by atoms with Gasteiger partial charge < -0.3 is 14.6 Å². The molecule has 1 N–H and O–H groups in total. The lowest BCUT2D eigenvalue weighted by Gasteiger charge is -2.10. The van der Waals surface area contributed by atoms with Crippen LogP contribution in [0.4, 0.5) is 4.39 Å². The summed E-state index contributed by atoms with van der Waals surface area (Å²) in [6, 6.07) is 8.11. The van der Waals surface area contributed by atoms with Gasteiger partial charge in [-0.05, 0) is 57.5 Å². The molecular weight excluding hydrogens is 295 g/mol. The van der Waals surface area contributed by atoms with Crippen LogP contribution in [0.2, 0.25) is 0 Å². The molecule has 0 unspecified atom stereocenters. The van der Waals surface area contributed by atoms with Crippen molar-refractivity contribution in [1.29, 1.82) is 0 Å². The molecule has 0 radical (unpaired) electrons. The molecule has 2 rings (SSSR count). The number of amides is 1. The van der Waals surface area contributed by atoms with Crippen LogP contribution in [-0.2, 0) is 4.74 Å². The van der Waals surface area contributed by atoms with Gasteiger partial charge >= 0.3 is 0 Å². The molecule has 0 saturated carbocycles. The molecule has 5 heteroatoms. The standard InChI is InChI=1S/C18H23FN2O2/c1-4-23-11-5-10-20-18(22)17-12-13(2)21(14(17)3)16-8-6-15(19)7-9-16/h6-9,12H,4-5,10-11H2,1-3H3,(H,20,22). The van der Waals surface area contributed by atoms with Crippen LogP contribution < -0.4 is 5.32 Å². The topological polar surface area (TPSA) is 43.3 Å².